The number of aromatic amines is 1. The fourth-order valence-electron chi connectivity index (χ4n) is 4.59. The average molecular weight is 401 g/mol. The summed E-state index contributed by atoms with van der Waals surface area (Å²) < 4.78 is 15.5. The number of nitrogens with zero attached hydrogens (tertiary/aromatic N) is 4. The number of para-hydroxylation sites is 1. The van der Waals surface area contributed by atoms with Gasteiger partial charge in [-0.3, -0.25) is 4.79 Å². The zero-order valence-corrected chi connectivity index (χ0v) is 16.8. The Morgan fingerprint density at radius 1 is 1.21 bits per heavy atom. The van der Waals surface area contributed by atoms with Crippen LogP contribution in [0.2, 0.25) is 0 Å². The van der Waals surface area contributed by atoms with E-state index < -0.39 is 11.5 Å². The lowest BCUT2D eigenvalue weighted by atomic mass is 9.91. The van der Waals surface area contributed by atoms with Crippen LogP contribution in [0.25, 0.3) is 5.69 Å². The second kappa shape index (κ2) is 8.49. The molecule has 2 aliphatic heterocycles. The smallest absolute Gasteiger partial charge is 0.342 e. The molecule has 1 aromatic carbocycles. The van der Waals surface area contributed by atoms with E-state index in [0.717, 1.165) is 51.9 Å². The quantitative estimate of drug-likeness (QED) is 0.848. The Hall–Kier alpha value is -2.48. The monoisotopic (exact) mass is 401 g/mol. The predicted octanol–water partition coefficient (Wildman–Crippen LogP) is 1.82. The minimum atomic E-state index is -0.449. The molecule has 1 aromatic heterocycles. The lowest BCUT2D eigenvalue weighted by molar-refractivity contribution is -0.138. The molecule has 3 heterocycles. The van der Waals surface area contributed by atoms with Gasteiger partial charge in [0, 0.05) is 26.1 Å². The Morgan fingerprint density at radius 2 is 1.97 bits per heavy atom. The third-order valence-electron chi connectivity index (χ3n) is 6.21. The van der Waals surface area contributed by atoms with Crippen molar-refractivity contribution >= 4 is 5.91 Å². The van der Waals surface area contributed by atoms with E-state index in [2.05, 4.69) is 22.1 Å². The summed E-state index contributed by atoms with van der Waals surface area (Å²) in [6.45, 7) is 3.39. The molecule has 0 radical (unpaired) electrons. The molecule has 29 heavy (non-hydrogen) atoms. The lowest BCUT2D eigenvalue weighted by Crippen LogP contribution is -2.46. The third-order valence-corrected chi connectivity index (χ3v) is 6.21. The first kappa shape index (κ1) is 19.8. The van der Waals surface area contributed by atoms with Crippen molar-refractivity contribution < 1.29 is 9.18 Å². The number of hydrogen-bond acceptors (Lipinski definition) is 4. The summed E-state index contributed by atoms with van der Waals surface area (Å²) in [4.78, 5) is 29.3. The van der Waals surface area contributed by atoms with Crippen LogP contribution in [-0.4, -0.2) is 63.7 Å². The molecule has 1 atom stereocenters. The Balaban J connectivity index is 1.39. The van der Waals surface area contributed by atoms with Crippen LogP contribution in [0.5, 0.6) is 0 Å². The van der Waals surface area contributed by atoms with E-state index in [0.29, 0.717) is 18.2 Å². The van der Waals surface area contributed by atoms with Gasteiger partial charge < -0.3 is 9.80 Å². The van der Waals surface area contributed by atoms with Crippen LogP contribution >= 0.6 is 0 Å². The second-order valence-electron chi connectivity index (χ2n) is 8.31. The number of H-pyrrole nitrogens is 1. The second-order valence-corrected chi connectivity index (χ2v) is 8.31. The Morgan fingerprint density at radius 3 is 2.69 bits per heavy atom. The number of hydrogen-bond donors (Lipinski definition) is 1. The molecule has 2 aliphatic rings. The van der Waals surface area contributed by atoms with E-state index in [4.69, 9.17) is 0 Å². The first-order valence-corrected chi connectivity index (χ1v) is 10.4. The van der Waals surface area contributed by atoms with Crippen molar-refractivity contribution in [2.24, 2.45) is 11.8 Å². The highest BCUT2D eigenvalue weighted by Gasteiger charge is 2.31. The van der Waals surface area contributed by atoms with Gasteiger partial charge in [0.1, 0.15) is 11.6 Å². The summed E-state index contributed by atoms with van der Waals surface area (Å²) in [5.74, 6) is 0.795. The van der Waals surface area contributed by atoms with E-state index >= 15 is 0 Å². The molecule has 0 saturated carbocycles. The molecule has 2 saturated heterocycles. The summed E-state index contributed by atoms with van der Waals surface area (Å²) in [5.41, 5.74) is -0.214. The van der Waals surface area contributed by atoms with Gasteiger partial charge in [-0.2, -0.15) is 5.10 Å². The number of amides is 1. The van der Waals surface area contributed by atoms with Gasteiger partial charge in [0.2, 0.25) is 5.91 Å². The van der Waals surface area contributed by atoms with Crippen LogP contribution < -0.4 is 5.69 Å². The van der Waals surface area contributed by atoms with E-state index in [9.17, 15) is 14.0 Å². The van der Waals surface area contributed by atoms with Gasteiger partial charge in [-0.05, 0) is 57.3 Å². The molecule has 1 N–H and O–H groups in total. The molecular formula is C21H28FN5O2. The summed E-state index contributed by atoms with van der Waals surface area (Å²) >= 11 is 0. The molecule has 0 bridgehead atoms. The van der Waals surface area contributed by atoms with Gasteiger partial charge in [0.05, 0.1) is 11.6 Å². The van der Waals surface area contributed by atoms with Gasteiger partial charge in [0.25, 0.3) is 0 Å². The molecule has 156 valence electrons. The Labute approximate surface area is 169 Å². The van der Waals surface area contributed by atoms with Crippen LogP contribution in [-0.2, 0) is 11.2 Å². The fourth-order valence-corrected chi connectivity index (χ4v) is 4.59. The summed E-state index contributed by atoms with van der Waals surface area (Å²) in [6.07, 6.45) is 4.38. The van der Waals surface area contributed by atoms with Crippen molar-refractivity contribution in [1.82, 2.24) is 24.6 Å². The van der Waals surface area contributed by atoms with Crippen LogP contribution in [0.3, 0.4) is 0 Å². The van der Waals surface area contributed by atoms with E-state index in [1.54, 1.807) is 18.2 Å². The molecular weight excluding hydrogens is 373 g/mol. The number of aromatic nitrogens is 3. The maximum atomic E-state index is 14.2. The molecule has 0 spiro atoms. The molecule has 4 rings (SSSR count). The predicted molar refractivity (Wildman–Crippen MR) is 107 cm³/mol. The number of piperidine rings is 2. The van der Waals surface area contributed by atoms with Crippen molar-refractivity contribution in [3.05, 3.63) is 46.4 Å². The summed E-state index contributed by atoms with van der Waals surface area (Å²) in [6, 6.07) is 6.22. The maximum absolute atomic E-state index is 14.2. The lowest BCUT2D eigenvalue weighted by Gasteiger charge is -2.36. The Kier molecular flexibility index (Phi) is 5.80. The number of halogens is 1. The molecule has 1 unspecified atom stereocenters. The van der Waals surface area contributed by atoms with Crippen LogP contribution in [0.15, 0.2) is 29.1 Å². The molecule has 1 amide bonds. The van der Waals surface area contributed by atoms with Gasteiger partial charge in [0.15, 0.2) is 0 Å². The standard InChI is InChI=1S/C21H28FN5O2/c1-25-10-4-5-16(14-25)20(28)26-11-8-15(9-12-26)13-19-23-24-21(29)27(19)18-7-3-2-6-17(18)22/h2-3,6-7,15-16H,4-5,8-14H2,1H3,(H,24,29). The van der Waals surface area contributed by atoms with Crippen molar-refractivity contribution in [2.45, 2.75) is 32.1 Å². The highest BCUT2D eigenvalue weighted by Crippen LogP contribution is 2.25. The number of carbonyl (C=O) groups excluding carboxylic acids is 1. The van der Waals surface area contributed by atoms with Crippen LogP contribution in [0.1, 0.15) is 31.5 Å². The van der Waals surface area contributed by atoms with Gasteiger partial charge in [-0.25, -0.2) is 18.9 Å². The van der Waals surface area contributed by atoms with E-state index in [1.165, 1.54) is 10.6 Å². The van der Waals surface area contributed by atoms with Crippen LogP contribution in [0, 0.1) is 17.7 Å². The minimum Gasteiger partial charge on any atom is -0.342 e. The maximum Gasteiger partial charge on any atom is 0.348 e. The first-order chi connectivity index (χ1) is 14.0. The molecule has 7 nitrogen and oxygen atoms in total. The molecule has 2 aromatic rings. The topological polar surface area (TPSA) is 74.2 Å². The summed E-state index contributed by atoms with van der Waals surface area (Å²) in [7, 11) is 2.07. The zero-order chi connectivity index (χ0) is 20.4. The number of carbonyl (C=O) groups is 1. The van der Waals surface area contributed by atoms with Crippen molar-refractivity contribution in [1.29, 1.82) is 0 Å². The van der Waals surface area contributed by atoms with E-state index in [-0.39, 0.29) is 17.5 Å². The highest BCUT2D eigenvalue weighted by atomic mass is 19.1. The SMILES string of the molecule is CN1CCCC(C(=O)N2CCC(Cc3n[nH]c(=O)n3-c3ccccc3F)CC2)C1. The number of benzene rings is 1. The molecule has 0 aliphatic carbocycles. The molecule has 8 heteroatoms. The van der Waals surface area contributed by atoms with Crippen molar-refractivity contribution in [3.63, 3.8) is 0 Å². The number of rotatable bonds is 4. The number of likely N-dealkylation sites (tertiary alicyclic amines) is 2. The third kappa shape index (κ3) is 4.27. The Bertz CT molecular complexity index is 916. The van der Waals surface area contributed by atoms with Gasteiger partial charge >= 0.3 is 5.69 Å². The largest absolute Gasteiger partial charge is 0.348 e. The normalized spacial score (nSPS) is 21.4. The fraction of sp³-hybridized carbons (Fsp3) is 0.571. The molecule has 2 fully saturated rings. The highest BCUT2D eigenvalue weighted by molar-refractivity contribution is 5.79. The van der Waals surface area contributed by atoms with Gasteiger partial charge in [-0.15, -0.1) is 0 Å². The van der Waals surface area contributed by atoms with Crippen LogP contribution in [0.4, 0.5) is 4.39 Å². The van der Waals surface area contributed by atoms with Crippen molar-refractivity contribution in [2.75, 3.05) is 33.2 Å². The first-order valence-electron chi connectivity index (χ1n) is 10.4. The van der Waals surface area contributed by atoms with Gasteiger partial charge in [-0.1, -0.05) is 12.1 Å². The van der Waals surface area contributed by atoms with E-state index in [1.807, 2.05) is 4.90 Å². The summed E-state index contributed by atoms with van der Waals surface area (Å²) in [5, 5.41) is 6.58. The minimum absolute atomic E-state index is 0.114. The van der Waals surface area contributed by atoms with Crippen molar-refractivity contribution in [3.8, 4) is 5.69 Å². The average Bonchev–Trinajstić information content (AvgIpc) is 3.08. The number of nitrogens with one attached hydrogen (secondary N) is 1. The zero-order valence-electron chi connectivity index (χ0n) is 16.8.